The molecule has 4 rings (SSSR count). The summed E-state index contributed by atoms with van der Waals surface area (Å²) >= 11 is 1.25. The van der Waals surface area contributed by atoms with Crippen LogP contribution < -0.4 is 5.32 Å². The number of fused-ring (bicyclic) bond motifs is 2. The lowest BCUT2D eigenvalue weighted by Gasteiger charge is -2.20. The Morgan fingerprint density at radius 1 is 1.18 bits per heavy atom. The molecule has 0 saturated heterocycles. The Bertz CT molecular complexity index is 953. The SMILES string of the molecule is Cc1ccc(S(=O)(=O)CCc2nnc(NC(=O)C[C@@H]3C[C@H]4CC[C@H]3C4)s2)cc1. The molecule has 2 bridgehead atoms. The molecule has 2 aromatic rings. The average molecular weight is 420 g/mol. The Morgan fingerprint density at radius 2 is 1.96 bits per heavy atom. The van der Waals surface area contributed by atoms with Crippen molar-refractivity contribution in [1.82, 2.24) is 10.2 Å². The number of aryl methyl sites for hydroxylation is 2. The molecule has 28 heavy (non-hydrogen) atoms. The molecular formula is C20H25N3O3S2. The monoisotopic (exact) mass is 419 g/mol. The van der Waals surface area contributed by atoms with Crippen molar-refractivity contribution in [3.63, 3.8) is 0 Å². The molecule has 1 aromatic heterocycles. The molecule has 1 aromatic carbocycles. The fourth-order valence-electron chi connectivity index (χ4n) is 4.53. The summed E-state index contributed by atoms with van der Waals surface area (Å²) in [6.07, 6.45) is 5.90. The van der Waals surface area contributed by atoms with Crippen molar-refractivity contribution in [2.45, 2.75) is 50.3 Å². The van der Waals surface area contributed by atoms with Crippen LogP contribution in [0.5, 0.6) is 0 Å². The molecule has 3 atom stereocenters. The molecule has 0 radical (unpaired) electrons. The molecule has 1 N–H and O–H groups in total. The third kappa shape index (κ3) is 4.43. The summed E-state index contributed by atoms with van der Waals surface area (Å²) in [6, 6.07) is 6.85. The fraction of sp³-hybridized carbons (Fsp3) is 0.550. The van der Waals surface area contributed by atoms with Crippen LogP contribution in [0, 0.1) is 24.7 Å². The molecule has 2 saturated carbocycles. The molecule has 0 unspecified atom stereocenters. The van der Waals surface area contributed by atoms with Crippen LogP contribution in [-0.4, -0.2) is 30.3 Å². The second kappa shape index (κ2) is 7.91. The number of nitrogens with one attached hydrogen (secondary N) is 1. The predicted octanol–water partition coefficient (Wildman–Crippen LogP) is 3.63. The first-order chi connectivity index (χ1) is 13.4. The summed E-state index contributed by atoms with van der Waals surface area (Å²) in [5, 5.41) is 12.0. The number of sulfone groups is 1. The van der Waals surface area contributed by atoms with Gasteiger partial charge < -0.3 is 5.32 Å². The molecule has 2 aliphatic carbocycles. The van der Waals surface area contributed by atoms with E-state index in [9.17, 15) is 13.2 Å². The van der Waals surface area contributed by atoms with Gasteiger partial charge in [0.05, 0.1) is 10.6 Å². The first-order valence-corrected chi connectivity index (χ1v) is 12.3. The van der Waals surface area contributed by atoms with E-state index in [0.29, 0.717) is 33.3 Å². The summed E-state index contributed by atoms with van der Waals surface area (Å²) in [5.41, 5.74) is 1.02. The van der Waals surface area contributed by atoms with Gasteiger partial charge >= 0.3 is 0 Å². The first-order valence-electron chi connectivity index (χ1n) is 9.81. The van der Waals surface area contributed by atoms with Crippen LogP contribution in [0.2, 0.25) is 0 Å². The minimum absolute atomic E-state index is 0.00692. The number of rotatable bonds is 7. The van der Waals surface area contributed by atoms with Crippen molar-refractivity contribution in [1.29, 1.82) is 0 Å². The van der Waals surface area contributed by atoms with E-state index in [1.54, 1.807) is 24.3 Å². The Morgan fingerprint density at radius 3 is 2.64 bits per heavy atom. The van der Waals surface area contributed by atoms with Crippen molar-refractivity contribution in [3.05, 3.63) is 34.8 Å². The van der Waals surface area contributed by atoms with Gasteiger partial charge in [-0.15, -0.1) is 10.2 Å². The quantitative estimate of drug-likeness (QED) is 0.740. The van der Waals surface area contributed by atoms with E-state index in [-0.39, 0.29) is 18.1 Å². The molecule has 150 valence electrons. The second-order valence-electron chi connectivity index (χ2n) is 8.07. The van der Waals surface area contributed by atoms with Crippen molar-refractivity contribution < 1.29 is 13.2 Å². The van der Waals surface area contributed by atoms with Crippen molar-refractivity contribution in [3.8, 4) is 0 Å². The largest absolute Gasteiger partial charge is 0.301 e. The Balaban J connectivity index is 1.29. The maximum atomic E-state index is 12.4. The van der Waals surface area contributed by atoms with E-state index in [1.807, 2.05) is 6.92 Å². The number of nitrogens with zero attached hydrogens (tertiary/aromatic N) is 2. The van der Waals surface area contributed by atoms with Crippen LogP contribution in [0.3, 0.4) is 0 Å². The van der Waals surface area contributed by atoms with E-state index in [2.05, 4.69) is 15.5 Å². The zero-order valence-electron chi connectivity index (χ0n) is 15.9. The lowest BCUT2D eigenvalue weighted by atomic mass is 9.86. The Labute approximate surface area is 169 Å². The molecular weight excluding hydrogens is 394 g/mol. The number of amides is 1. The third-order valence-electron chi connectivity index (χ3n) is 6.01. The summed E-state index contributed by atoms with van der Waals surface area (Å²) in [5.74, 6) is 2.02. The summed E-state index contributed by atoms with van der Waals surface area (Å²) in [7, 11) is -3.36. The van der Waals surface area contributed by atoms with Gasteiger partial charge in [0.25, 0.3) is 0 Å². The summed E-state index contributed by atoms with van der Waals surface area (Å²) < 4.78 is 24.9. The highest BCUT2D eigenvalue weighted by Crippen LogP contribution is 2.49. The number of carbonyl (C=O) groups excluding carboxylic acids is 1. The molecule has 1 heterocycles. The molecule has 2 aliphatic rings. The highest BCUT2D eigenvalue weighted by Gasteiger charge is 2.40. The van der Waals surface area contributed by atoms with Gasteiger partial charge in [0, 0.05) is 12.8 Å². The number of hydrogen-bond acceptors (Lipinski definition) is 6. The van der Waals surface area contributed by atoms with Gasteiger partial charge in [0.2, 0.25) is 11.0 Å². The van der Waals surface area contributed by atoms with Gasteiger partial charge in [0.15, 0.2) is 9.84 Å². The zero-order valence-corrected chi connectivity index (χ0v) is 17.6. The highest BCUT2D eigenvalue weighted by molar-refractivity contribution is 7.91. The maximum absolute atomic E-state index is 12.4. The van der Waals surface area contributed by atoms with Gasteiger partial charge in [-0.25, -0.2) is 8.42 Å². The van der Waals surface area contributed by atoms with Crippen LogP contribution in [0.15, 0.2) is 29.2 Å². The maximum Gasteiger partial charge on any atom is 0.226 e. The van der Waals surface area contributed by atoms with Crippen molar-refractivity contribution in [2.24, 2.45) is 17.8 Å². The number of carbonyl (C=O) groups is 1. The molecule has 0 aliphatic heterocycles. The summed E-state index contributed by atoms with van der Waals surface area (Å²) in [4.78, 5) is 12.6. The number of benzene rings is 1. The van der Waals surface area contributed by atoms with Gasteiger partial charge in [-0.1, -0.05) is 35.5 Å². The minimum atomic E-state index is -3.36. The fourth-order valence-corrected chi connectivity index (χ4v) is 6.66. The lowest BCUT2D eigenvalue weighted by molar-refractivity contribution is -0.117. The Hall–Kier alpha value is -1.80. The molecule has 2 fully saturated rings. The molecule has 8 heteroatoms. The predicted molar refractivity (Wildman–Crippen MR) is 109 cm³/mol. The third-order valence-corrected chi connectivity index (χ3v) is 8.64. The van der Waals surface area contributed by atoms with E-state index in [4.69, 9.17) is 0 Å². The van der Waals surface area contributed by atoms with Gasteiger partial charge in [-0.3, -0.25) is 4.79 Å². The zero-order chi connectivity index (χ0) is 19.7. The van der Waals surface area contributed by atoms with Crippen LogP contribution in [0.25, 0.3) is 0 Å². The van der Waals surface area contributed by atoms with Crippen LogP contribution in [0.4, 0.5) is 5.13 Å². The van der Waals surface area contributed by atoms with Crippen LogP contribution in [0.1, 0.15) is 42.7 Å². The smallest absolute Gasteiger partial charge is 0.226 e. The topological polar surface area (TPSA) is 89.0 Å². The van der Waals surface area contributed by atoms with Gasteiger partial charge in [-0.05, 0) is 56.1 Å². The highest BCUT2D eigenvalue weighted by atomic mass is 32.2. The van der Waals surface area contributed by atoms with Crippen LogP contribution in [-0.2, 0) is 21.1 Å². The number of aromatic nitrogens is 2. The molecule has 0 spiro atoms. The lowest BCUT2D eigenvalue weighted by Crippen LogP contribution is -2.20. The van der Waals surface area contributed by atoms with Gasteiger partial charge in [-0.2, -0.15) is 0 Å². The van der Waals surface area contributed by atoms with E-state index in [0.717, 1.165) is 11.5 Å². The van der Waals surface area contributed by atoms with Gasteiger partial charge in [0.1, 0.15) is 5.01 Å². The first kappa shape index (κ1) is 19.5. The number of anilines is 1. The second-order valence-corrected chi connectivity index (χ2v) is 11.2. The molecule has 1 amide bonds. The average Bonchev–Trinajstić information content (AvgIpc) is 3.37. The summed E-state index contributed by atoms with van der Waals surface area (Å²) in [6.45, 7) is 1.92. The van der Waals surface area contributed by atoms with Crippen molar-refractivity contribution in [2.75, 3.05) is 11.1 Å². The van der Waals surface area contributed by atoms with E-state index < -0.39 is 9.84 Å². The van der Waals surface area contributed by atoms with E-state index >= 15 is 0 Å². The normalized spacial score (nSPS) is 23.8. The minimum Gasteiger partial charge on any atom is -0.301 e. The molecule has 6 nitrogen and oxygen atoms in total. The van der Waals surface area contributed by atoms with E-state index in [1.165, 1.54) is 37.0 Å². The van der Waals surface area contributed by atoms with Crippen molar-refractivity contribution >= 4 is 32.2 Å². The van der Waals surface area contributed by atoms with Crippen LogP contribution >= 0.6 is 11.3 Å². The Kier molecular flexibility index (Phi) is 5.51. The number of hydrogen-bond donors (Lipinski definition) is 1. The standard InChI is InChI=1S/C20H25N3O3S2/c1-13-2-6-17(7-3-13)28(25,26)9-8-19-22-23-20(27-19)21-18(24)12-16-11-14-4-5-15(16)10-14/h2-3,6-7,14-16H,4-5,8-12H2,1H3,(H,21,23,24)/t14-,15-,16-/m0/s1.